The Balaban J connectivity index is 2.26. The average molecular weight is 375 g/mol. The first-order chi connectivity index (χ1) is 12.1. The largest absolute Gasteiger partial charge is 0.382 e. The quantitative estimate of drug-likeness (QED) is 0.715. The maximum Gasteiger partial charge on any atom is 0.152 e. The minimum absolute atomic E-state index is 0.122. The molecule has 2 heterocycles. The number of para-hydroxylation sites is 1. The number of benzene rings is 1. The smallest absolute Gasteiger partial charge is 0.152 e. The predicted molar refractivity (Wildman–Crippen MR) is 107 cm³/mol. The van der Waals surface area contributed by atoms with Crippen molar-refractivity contribution < 1.29 is 8.42 Å². The number of nitrogens with zero attached hydrogens (tertiary/aromatic N) is 3. The molecule has 0 amide bonds. The van der Waals surface area contributed by atoms with E-state index in [4.69, 9.17) is 10.8 Å². The molecule has 0 fully saturated rings. The molecule has 26 heavy (non-hydrogen) atoms. The van der Waals surface area contributed by atoms with E-state index in [1.807, 2.05) is 42.8 Å². The van der Waals surface area contributed by atoms with Crippen molar-refractivity contribution in [1.82, 2.24) is 14.8 Å². The second-order valence-electron chi connectivity index (χ2n) is 7.82. The van der Waals surface area contributed by atoms with Crippen molar-refractivity contribution in [2.24, 2.45) is 5.41 Å². The van der Waals surface area contributed by atoms with Crippen LogP contribution in [-0.4, -0.2) is 35.2 Å². The molecule has 0 unspecified atom stereocenters. The Kier molecular flexibility index (Phi) is 4.69. The van der Waals surface area contributed by atoms with Crippen LogP contribution in [0, 0.1) is 5.41 Å². The van der Waals surface area contributed by atoms with Crippen molar-refractivity contribution in [3.63, 3.8) is 0 Å². The molecule has 0 spiro atoms. The summed E-state index contributed by atoms with van der Waals surface area (Å²) in [6, 6.07) is 7.87. The molecule has 140 valence electrons. The fourth-order valence-corrected chi connectivity index (χ4v) is 5.24. The van der Waals surface area contributed by atoms with Gasteiger partial charge < -0.3 is 5.73 Å². The summed E-state index contributed by atoms with van der Waals surface area (Å²) in [5.74, 6) is 0.535. The number of hydrogen-bond donors (Lipinski definition) is 1. The Bertz CT molecular complexity index is 1070. The van der Waals surface area contributed by atoms with E-state index in [0.29, 0.717) is 17.8 Å². The van der Waals surface area contributed by atoms with Crippen LogP contribution in [0.2, 0.25) is 0 Å². The van der Waals surface area contributed by atoms with Gasteiger partial charge in [0.25, 0.3) is 0 Å². The van der Waals surface area contributed by atoms with Crippen LogP contribution >= 0.6 is 0 Å². The first-order valence-corrected chi connectivity index (χ1v) is 10.9. The predicted octanol–water partition coefficient (Wildman–Crippen LogP) is 3.19. The molecule has 0 atom stereocenters. The highest BCUT2D eigenvalue weighted by molar-refractivity contribution is 7.90. The molecule has 2 N–H and O–H groups in total. The number of aromatic nitrogens is 3. The van der Waals surface area contributed by atoms with Crippen LogP contribution in [0.1, 0.15) is 32.9 Å². The van der Waals surface area contributed by atoms with Gasteiger partial charge in [0.05, 0.1) is 11.3 Å². The molecule has 2 aromatic heterocycles. The maximum absolute atomic E-state index is 11.9. The topological polar surface area (TPSA) is 90.9 Å². The van der Waals surface area contributed by atoms with Gasteiger partial charge >= 0.3 is 0 Å². The number of nitrogens with two attached hydrogens (primary N) is 1. The summed E-state index contributed by atoms with van der Waals surface area (Å²) < 4.78 is 25.7. The second kappa shape index (κ2) is 6.54. The zero-order valence-electron chi connectivity index (χ0n) is 15.8. The molecule has 7 heteroatoms. The molecule has 0 saturated heterocycles. The van der Waals surface area contributed by atoms with Crippen molar-refractivity contribution in [3.8, 4) is 0 Å². The summed E-state index contributed by atoms with van der Waals surface area (Å²) in [6.07, 6.45) is 2.82. The maximum atomic E-state index is 11.9. The lowest BCUT2D eigenvalue weighted by molar-refractivity contribution is 0.393. The molecule has 3 aromatic rings. The van der Waals surface area contributed by atoms with Crippen molar-refractivity contribution in [2.75, 3.05) is 17.7 Å². The lowest BCUT2D eigenvalue weighted by Crippen LogP contribution is -2.27. The van der Waals surface area contributed by atoms with Gasteiger partial charge in [0.1, 0.15) is 15.4 Å². The zero-order chi connectivity index (χ0) is 19.1. The molecule has 3 rings (SSSR count). The summed E-state index contributed by atoms with van der Waals surface area (Å²) in [6.45, 7) is 6.82. The van der Waals surface area contributed by atoms with E-state index >= 15 is 0 Å². The fraction of sp³-hybridized carbons (Fsp3) is 0.474. The summed E-state index contributed by atoms with van der Waals surface area (Å²) in [4.78, 5) is 4.48. The molecule has 1 aromatic carbocycles. The third-order valence-electron chi connectivity index (χ3n) is 4.45. The van der Waals surface area contributed by atoms with Gasteiger partial charge in [-0.2, -0.15) is 5.10 Å². The summed E-state index contributed by atoms with van der Waals surface area (Å²) in [5, 5.41) is 6.71. The van der Waals surface area contributed by atoms with Gasteiger partial charge in [-0.25, -0.2) is 13.4 Å². The van der Waals surface area contributed by atoms with Crippen LogP contribution in [0.4, 0.5) is 5.82 Å². The Morgan fingerprint density at radius 2 is 1.92 bits per heavy atom. The van der Waals surface area contributed by atoms with Gasteiger partial charge in [-0.05, 0) is 24.3 Å². The Morgan fingerprint density at radius 3 is 2.58 bits per heavy atom. The van der Waals surface area contributed by atoms with Crippen molar-refractivity contribution >= 4 is 37.5 Å². The highest BCUT2D eigenvalue weighted by Gasteiger charge is 2.28. The molecular weight excluding hydrogens is 348 g/mol. The van der Waals surface area contributed by atoms with Gasteiger partial charge in [-0.15, -0.1) is 0 Å². The molecule has 6 nitrogen and oxygen atoms in total. The summed E-state index contributed by atoms with van der Waals surface area (Å²) in [7, 11) is -3.08. The number of sulfone groups is 1. The minimum atomic E-state index is -3.08. The van der Waals surface area contributed by atoms with E-state index in [0.717, 1.165) is 34.9 Å². The van der Waals surface area contributed by atoms with Gasteiger partial charge in [-0.1, -0.05) is 39.0 Å². The van der Waals surface area contributed by atoms with Gasteiger partial charge in [-0.3, -0.25) is 4.68 Å². The highest BCUT2D eigenvalue weighted by atomic mass is 32.2. The van der Waals surface area contributed by atoms with E-state index < -0.39 is 15.3 Å². The molecule has 0 saturated carbocycles. The number of pyridine rings is 1. The Hall–Kier alpha value is -2.15. The zero-order valence-corrected chi connectivity index (χ0v) is 16.6. The standard InChI is InChI=1S/C19H26N4O2S/c1-5-10-23-15(11-19(2,3)12-26(4,24)25)16-13-8-6-7-9-14(13)21-18(20)17(16)22-23/h6-9H,5,10-12H2,1-4H3,(H2,20,21). The number of aryl methyl sites for hydroxylation is 1. The summed E-state index contributed by atoms with van der Waals surface area (Å²) in [5.41, 5.74) is 8.33. The van der Waals surface area contributed by atoms with Crippen LogP contribution < -0.4 is 5.73 Å². The van der Waals surface area contributed by atoms with Crippen molar-refractivity contribution in [2.45, 2.75) is 40.2 Å². The highest BCUT2D eigenvalue weighted by Crippen LogP contribution is 2.34. The van der Waals surface area contributed by atoms with Crippen LogP contribution in [0.5, 0.6) is 0 Å². The average Bonchev–Trinajstić information content (AvgIpc) is 2.84. The van der Waals surface area contributed by atoms with Crippen LogP contribution in [0.15, 0.2) is 24.3 Å². The number of nitrogen functional groups attached to an aromatic ring is 1. The third kappa shape index (κ3) is 3.67. The van der Waals surface area contributed by atoms with E-state index in [-0.39, 0.29) is 5.75 Å². The normalized spacial score (nSPS) is 12.9. The lowest BCUT2D eigenvalue weighted by Gasteiger charge is -2.24. The first-order valence-electron chi connectivity index (χ1n) is 8.82. The van der Waals surface area contributed by atoms with E-state index in [1.54, 1.807) is 0 Å². The number of fused-ring (bicyclic) bond motifs is 3. The van der Waals surface area contributed by atoms with E-state index in [1.165, 1.54) is 6.26 Å². The van der Waals surface area contributed by atoms with E-state index in [9.17, 15) is 8.42 Å². The van der Waals surface area contributed by atoms with E-state index in [2.05, 4.69) is 11.9 Å². The van der Waals surface area contributed by atoms with Crippen molar-refractivity contribution in [1.29, 1.82) is 0 Å². The third-order valence-corrected chi connectivity index (χ3v) is 5.75. The lowest BCUT2D eigenvalue weighted by atomic mass is 9.88. The number of hydrogen-bond acceptors (Lipinski definition) is 5. The molecular formula is C19H26N4O2S. The second-order valence-corrected chi connectivity index (χ2v) is 9.96. The first kappa shape index (κ1) is 18.6. The Morgan fingerprint density at radius 1 is 1.23 bits per heavy atom. The van der Waals surface area contributed by atoms with Crippen LogP contribution in [0.25, 0.3) is 21.8 Å². The molecule has 0 aliphatic rings. The Labute approximate surface area is 154 Å². The molecule has 0 bridgehead atoms. The molecule has 0 aliphatic carbocycles. The van der Waals surface area contributed by atoms with Gasteiger partial charge in [0.2, 0.25) is 0 Å². The number of anilines is 1. The number of rotatable bonds is 6. The molecule has 0 aliphatic heterocycles. The van der Waals surface area contributed by atoms with Gasteiger partial charge in [0.15, 0.2) is 5.82 Å². The molecule has 0 radical (unpaired) electrons. The minimum Gasteiger partial charge on any atom is -0.382 e. The summed E-state index contributed by atoms with van der Waals surface area (Å²) >= 11 is 0. The van der Waals surface area contributed by atoms with Crippen molar-refractivity contribution in [3.05, 3.63) is 30.0 Å². The SMILES string of the molecule is CCCn1nc2c(N)nc3ccccc3c2c1CC(C)(C)CS(C)(=O)=O. The van der Waals surface area contributed by atoms with Crippen LogP contribution in [0.3, 0.4) is 0 Å². The van der Waals surface area contributed by atoms with Gasteiger partial charge in [0, 0.05) is 29.3 Å². The monoisotopic (exact) mass is 374 g/mol. The fourth-order valence-electron chi connectivity index (χ4n) is 3.71. The van der Waals surface area contributed by atoms with Crippen LogP contribution in [-0.2, 0) is 22.8 Å².